The van der Waals surface area contributed by atoms with Crippen molar-refractivity contribution in [3.05, 3.63) is 23.8 Å². The van der Waals surface area contributed by atoms with Gasteiger partial charge in [0.1, 0.15) is 0 Å². The van der Waals surface area contributed by atoms with Crippen LogP contribution in [0.3, 0.4) is 0 Å². The highest BCUT2D eigenvalue weighted by Gasteiger charge is 2.25. The Morgan fingerprint density at radius 1 is 1.32 bits per heavy atom. The van der Waals surface area contributed by atoms with Gasteiger partial charge in [-0.05, 0) is 24.7 Å². The molecule has 0 bridgehead atoms. The largest absolute Gasteiger partial charge is 0.493 e. The third kappa shape index (κ3) is 3.18. The van der Waals surface area contributed by atoms with E-state index >= 15 is 0 Å². The Morgan fingerprint density at radius 2 is 2.05 bits per heavy atom. The van der Waals surface area contributed by atoms with Crippen molar-refractivity contribution in [3.8, 4) is 11.5 Å². The van der Waals surface area contributed by atoms with Crippen LogP contribution in [-0.2, 0) is 4.74 Å². The molecular weight excluding hydrogens is 244 g/mol. The standard InChI is InChI=1S/C14H22N2O3/c1-16-6-7-19-13(9-16)14(15)10-4-5-11(17-2)12(8-10)18-3/h4-5,8,13-14H,6-7,9,15H2,1-3H3. The van der Waals surface area contributed by atoms with E-state index < -0.39 is 0 Å². The third-order valence-electron chi connectivity index (χ3n) is 3.49. The molecule has 1 aromatic carbocycles. The zero-order valence-corrected chi connectivity index (χ0v) is 11.8. The van der Waals surface area contributed by atoms with Crippen molar-refractivity contribution in [1.29, 1.82) is 0 Å². The molecule has 0 saturated carbocycles. The summed E-state index contributed by atoms with van der Waals surface area (Å²) in [6.45, 7) is 2.52. The van der Waals surface area contributed by atoms with E-state index in [0.29, 0.717) is 11.5 Å². The number of rotatable bonds is 4. The molecule has 1 aliphatic heterocycles. The Kier molecular flexibility index (Phi) is 4.63. The molecule has 0 amide bonds. The molecule has 106 valence electrons. The van der Waals surface area contributed by atoms with Crippen LogP contribution in [0.15, 0.2) is 18.2 Å². The van der Waals surface area contributed by atoms with Gasteiger partial charge >= 0.3 is 0 Å². The van der Waals surface area contributed by atoms with Gasteiger partial charge in [-0.25, -0.2) is 0 Å². The fraction of sp³-hybridized carbons (Fsp3) is 0.571. The van der Waals surface area contributed by atoms with Crippen molar-refractivity contribution < 1.29 is 14.2 Å². The van der Waals surface area contributed by atoms with Crippen LogP contribution in [0.1, 0.15) is 11.6 Å². The van der Waals surface area contributed by atoms with E-state index in [0.717, 1.165) is 25.3 Å². The van der Waals surface area contributed by atoms with Gasteiger partial charge in [0.15, 0.2) is 11.5 Å². The summed E-state index contributed by atoms with van der Waals surface area (Å²) in [5.74, 6) is 1.40. The van der Waals surface area contributed by atoms with Crippen LogP contribution < -0.4 is 15.2 Å². The first-order chi connectivity index (χ1) is 9.15. The van der Waals surface area contributed by atoms with Crippen LogP contribution in [0.4, 0.5) is 0 Å². The topological polar surface area (TPSA) is 57.0 Å². The summed E-state index contributed by atoms with van der Waals surface area (Å²) in [5.41, 5.74) is 7.30. The quantitative estimate of drug-likeness (QED) is 0.882. The van der Waals surface area contributed by atoms with Gasteiger partial charge in [-0.2, -0.15) is 0 Å². The average molecular weight is 266 g/mol. The maximum atomic E-state index is 6.30. The zero-order valence-electron chi connectivity index (χ0n) is 11.8. The van der Waals surface area contributed by atoms with Gasteiger partial charge in [0.05, 0.1) is 33.0 Å². The van der Waals surface area contributed by atoms with Gasteiger partial charge in [-0.3, -0.25) is 0 Å². The van der Waals surface area contributed by atoms with E-state index in [1.54, 1.807) is 14.2 Å². The number of hydrogen-bond acceptors (Lipinski definition) is 5. The highest BCUT2D eigenvalue weighted by atomic mass is 16.5. The number of nitrogens with two attached hydrogens (primary N) is 1. The number of likely N-dealkylation sites (N-methyl/N-ethyl adjacent to an activating group) is 1. The second kappa shape index (κ2) is 6.23. The average Bonchev–Trinajstić information content (AvgIpc) is 2.45. The van der Waals surface area contributed by atoms with Gasteiger partial charge in [0.25, 0.3) is 0 Å². The van der Waals surface area contributed by atoms with Crippen molar-refractivity contribution in [1.82, 2.24) is 4.90 Å². The summed E-state index contributed by atoms with van der Waals surface area (Å²) in [6, 6.07) is 5.59. The summed E-state index contributed by atoms with van der Waals surface area (Å²) >= 11 is 0. The second-order valence-electron chi connectivity index (χ2n) is 4.81. The normalized spacial score (nSPS) is 22.0. The Balaban J connectivity index is 2.16. The SMILES string of the molecule is COc1ccc(C(N)C2CN(C)CCO2)cc1OC. The van der Waals surface area contributed by atoms with Gasteiger partial charge < -0.3 is 24.8 Å². The Bertz CT molecular complexity index is 425. The van der Waals surface area contributed by atoms with Crippen LogP contribution in [0.25, 0.3) is 0 Å². The predicted octanol–water partition coefficient (Wildman–Crippen LogP) is 1.03. The molecule has 2 N–H and O–H groups in total. The predicted molar refractivity (Wildman–Crippen MR) is 73.7 cm³/mol. The lowest BCUT2D eigenvalue weighted by molar-refractivity contribution is -0.0326. The monoisotopic (exact) mass is 266 g/mol. The minimum absolute atomic E-state index is 0.0110. The van der Waals surface area contributed by atoms with Gasteiger partial charge in [0.2, 0.25) is 0 Å². The highest BCUT2D eigenvalue weighted by molar-refractivity contribution is 5.44. The van der Waals surface area contributed by atoms with E-state index in [-0.39, 0.29) is 12.1 Å². The molecule has 1 aliphatic rings. The number of ether oxygens (including phenoxy) is 3. The number of methoxy groups -OCH3 is 2. The first kappa shape index (κ1) is 14.1. The summed E-state index contributed by atoms with van der Waals surface area (Å²) in [7, 11) is 5.32. The van der Waals surface area contributed by atoms with E-state index in [1.807, 2.05) is 18.2 Å². The second-order valence-corrected chi connectivity index (χ2v) is 4.81. The van der Waals surface area contributed by atoms with Crippen LogP contribution in [0.5, 0.6) is 11.5 Å². The first-order valence-corrected chi connectivity index (χ1v) is 6.43. The lowest BCUT2D eigenvalue weighted by Crippen LogP contribution is -2.45. The first-order valence-electron chi connectivity index (χ1n) is 6.43. The van der Waals surface area contributed by atoms with Crippen molar-refractivity contribution in [2.75, 3.05) is 41.0 Å². The number of benzene rings is 1. The van der Waals surface area contributed by atoms with Crippen LogP contribution in [0, 0.1) is 0 Å². The van der Waals surface area contributed by atoms with E-state index in [2.05, 4.69) is 11.9 Å². The molecule has 0 aliphatic carbocycles. The minimum atomic E-state index is -0.164. The van der Waals surface area contributed by atoms with Gasteiger partial charge in [-0.1, -0.05) is 6.07 Å². The smallest absolute Gasteiger partial charge is 0.161 e. The molecule has 0 aromatic heterocycles. The van der Waals surface area contributed by atoms with Crippen LogP contribution in [0.2, 0.25) is 0 Å². The van der Waals surface area contributed by atoms with Crippen molar-refractivity contribution in [3.63, 3.8) is 0 Å². The van der Waals surface area contributed by atoms with Crippen molar-refractivity contribution in [2.24, 2.45) is 5.73 Å². The molecule has 2 unspecified atom stereocenters. The van der Waals surface area contributed by atoms with Crippen LogP contribution >= 0.6 is 0 Å². The minimum Gasteiger partial charge on any atom is -0.493 e. The van der Waals surface area contributed by atoms with Gasteiger partial charge in [-0.15, -0.1) is 0 Å². The molecule has 2 rings (SSSR count). The number of nitrogens with zero attached hydrogens (tertiary/aromatic N) is 1. The lowest BCUT2D eigenvalue weighted by Gasteiger charge is -2.33. The maximum absolute atomic E-state index is 6.30. The molecule has 0 radical (unpaired) electrons. The summed E-state index contributed by atoms with van der Waals surface area (Å²) in [5, 5.41) is 0. The molecule has 1 fully saturated rings. The molecule has 1 aromatic rings. The number of morpholine rings is 1. The van der Waals surface area contributed by atoms with Gasteiger partial charge in [0, 0.05) is 13.1 Å². The van der Waals surface area contributed by atoms with E-state index in [9.17, 15) is 0 Å². The third-order valence-corrected chi connectivity index (χ3v) is 3.49. The van der Waals surface area contributed by atoms with Crippen molar-refractivity contribution in [2.45, 2.75) is 12.1 Å². The summed E-state index contributed by atoms with van der Waals surface area (Å²) < 4.78 is 16.3. The Hall–Kier alpha value is -1.30. The Morgan fingerprint density at radius 3 is 2.68 bits per heavy atom. The number of hydrogen-bond donors (Lipinski definition) is 1. The molecule has 2 atom stereocenters. The summed E-state index contributed by atoms with van der Waals surface area (Å²) in [6.07, 6.45) is 0.0110. The van der Waals surface area contributed by atoms with E-state index in [4.69, 9.17) is 19.9 Å². The molecule has 19 heavy (non-hydrogen) atoms. The molecule has 1 saturated heterocycles. The molecule has 5 heteroatoms. The molecule has 0 spiro atoms. The highest BCUT2D eigenvalue weighted by Crippen LogP contribution is 2.31. The van der Waals surface area contributed by atoms with E-state index in [1.165, 1.54) is 0 Å². The lowest BCUT2D eigenvalue weighted by atomic mass is 10.0. The fourth-order valence-electron chi connectivity index (χ4n) is 2.30. The fourth-order valence-corrected chi connectivity index (χ4v) is 2.30. The zero-order chi connectivity index (χ0) is 13.8. The van der Waals surface area contributed by atoms with Crippen LogP contribution in [-0.4, -0.2) is 52.0 Å². The maximum Gasteiger partial charge on any atom is 0.161 e. The molecule has 1 heterocycles. The van der Waals surface area contributed by atoms with Crippen molar-refractivity contribution >= 4 is 0 Å². The molecular formula is C14H22N2O3. The Labute approximate surface area is 114 Å². The molecule has 5 nitrogen and oxygen atoms in total. The summed E-state index contributed by atoms with van der Waals surface area (Å²) in [4.78, 5) is 2.23.